The van der Waals surface area contributed by atoms with Crippen LogP contribution in [-0.4, -0.2) is 28.7 Å². The van der Waals surface area contributed by atoms with Gasteiger partial charge >= 0.3 is 0 Å². The second-order valence-corrected chi connectivity index (χ2v) is 7.05. The smallest absolute Gasteiger partial charge is 0.123 e. The average molecular weight is 291 g/mol. The SMILES string of the molecule is CC[C@@]1(O)CCC[C@@H]2CN(Cc3cc(C)cc(F)c3)C[C@@H]21. The fourth-order valence-electron chi connectivity index (χ4n) is 4.45. The van der Waals surface area contributed by atoms with E-state index in [0.717, 1.165) is 50.0 Å². The minimum atomic E-state index is -0.477. The molecule has 0 unspecified atom stereocenters. The topological polar surface area (TPSA) is 23.5 Å². The molecule has 0 bridgehead atoms. The lowest BCUT2D eigenvalue weighted by Gasteiger charge is -2.40. The maximum Gasteiger partial charge on any atom is 0.123 e. The van der Waals surface area contributed by atoms with Crippen LogP contribution in [0.2, 0.25) is 0 Å². The fourth-order valence-corrected chi connectivity index (χ4v) is 4.45. The molecule has 1 saturated carbocycles. The molecule has 2 aliphatic rings. The molecule has 3 atom stereocenters. The first-order valence-corrected chi connectivity index (χ1v) is 8.21. The van der Waals surface area contributed by atoms with Crippen LogP contribution in [0, 0.1) is 24.6 Å². The van der Waals surface area contributed by atoms with Crippen molar-refractivity contribution in [2.45, 2.75) is 51.7 Å². The van der Waals surface area contributed by atoms with Gasteiger partial charge in [-0.1, -0.05) is 19.4 Å². The third-order valence-electron chi connectivity index (χ3n) is 5.51. The van der Waals surface area contributed by atoms with E-state index < -0.39 is 5.60 Å². The second-order valence-electron chi connectivity index (χ2n) is 7.05. The summed E-state index contributed by atoms with van der Waals surface area (Å²) in [5.41, 5.74) is 1.55. The number of likely N-dealkylation sites (tertiary alicyclic amines) is 1. The molecule has 21 heavy (non-hydrogen) atoms. The molecule has 0 aromatic heterocycles. The first-order chi connectivity index (χ1) is 10.00. The number of benzene rings is 1. The monoisotopic (exact) mass is 291 g/mol. The molecule has 0 spiro atoms. The Morgan fingerprint density at radius 2 is 2.14 bits per heavy atom. The third-order valence-corrected chi connectivity index (χ3v) is 5.51. The number of hydrogen-bond donors (Lipinski definition) is 1. The zero-order valence-corrected chi connectivity index (χ0v) is 13.1. The van der Waals surface area contributed by atoms with Crippen LogP contribution in [0.5, 0.6) is 0 Å². The molecule has 1 saturated heterocycles. The van der Waals surface area contributed by atoms with Crippen LogP contribution in [0.3, 0.4) is 0 Å². The minimum absolute atomic E-state index is 0.147. The molecule has 1 N–H and O–H groups in total. The third kappa shape index (κ3) is 3.00. The van der Waals surface area contributed by atoms with Crippen LogP contribution in [-0.2, 0) is 6.54 Å². The van der Waals surface area contributed by atoms with Crippen LogP contribution < -0.4 is 0 Å². The Morgan fingerprint density at radius 3 is 2.86 bits per heavy atom. The highest BCUT2D eigenvalue weighted by Crippen LogP contribution is 2.44. The Hall–Kier alpha value is -0.930. The number of aryl methyl sites for hydroxylation is 1. The lowest BCUT2D eigenvalue weighted by molar-refractivity contribution is -0.0613. The average Bonchev–Trinajstić information content (AvgIpc) is 2.82. The van der Waals surface area contributed by atoms with E-state index in [1.54, 1.807) is 12.1 Å². The van der Waals surface area contributed by atoms with Gasteiger partial charge in [0.2, 0.25) is 0 Å². The van der Waals surface area contributed by atoms with Crippen molar-refractivity contribution in [1.29, 1.82) is 0 Å². The van der Waals surface area contributed by atoms with Gasteiger partial charge in [0.25, 0.3) is 0 Å². The fraction of sp³-hybridized carbons (Fsp3) is 0.667. The summed E-state index contributed by atoms with van der Waals surface area (Å²) < 4.78 is 13.5. The highest BCUT2D eigenvalue weighted by Gasteiger charge is 2.47. The summed E-state index contributed by atoms with van der Waals surface area (Å²) >= 11 is 0. The molecule has 3 heteroatoms. The largest absolute Gasteiger partial charge is 0.390 e. The van der Waals surface area contributed by atoms with E-state index in [1.165, 1.54) is 6.42 Å². The molecule has 2 nitrogen and oxygen atoms in total. The predicted molar refractivity (Wildman–Crippen MR) is 82.5 cm³/mol. The van der Waals surface area contributed by atoms with Crippen molar-refractivity contribution in [1.82, 2.24) is 4.90 Å². The number of hydrogen-bond acceptors (Lipinski definition) is 2. The van der Waals surface area contributed by atoms with Gasteiger partial charge in [0.05, 0.1) is 5.60 Å². The number of rotatable bonds is 3. The summed E-state index contributed by atoms with van der Waals surface area (Å²) in [4.78, 5) is 2.40. The van der Waals surface area contributed by atoms with Crippen molar-refractivity contribution in [2.75, 3.05) is 13.1 Å². The van der Waals surface area contributed by atoms with Gasteiger partial charge < -0.3 is 5.11 Å². The maximum absolute atomic E-state index is 13.5. The summed E-state index contributed by atoms with van der Waals surface area (Å²) in [5.74, 6) is 0.857. The molecule has 1 aromatic carbocycles. The lowest BCUT2D eigenvalue weighted by Crippen LogP contribution is -2.44. The Labute approximate surface area is 127 Å². The highest BCUT2D eigenvalue weighted by atomic mass is 19.1. The molecule has 1 aliphatic carbocycles. The standard InChI is InChI=1S/C18H26FNO/c1-3-18(21)6-4-5-15-11-20(12-17(15)18)10-14-7-13(2)8-16(19)9-14/h7-9,15,17,21H,3-6,10-12H2,1-2H3/t15-,17+,18-/m1/s1. The second kappa shape index (κ2) is 5.69. The molecule has 3 rings (SSSR count). The van der Waals surface area contributed by atoms with Crippen LogP contribution in [0.15, 0.2) is 18.2 Å². The van der Waals surface area contributed by atoms with Crippen molar-refractivity contribution in [3.8, 4) is 0 Å². The van der Waals surface area contributed by atoms with Gasteiger partial charge in [-0.2, -0.15) is 0 Å². The number of aliphatic hydroxyl groups is 1. The first-order valence-electron chi connectivity index (χ1n) is 8.21. The molecule has 0 amide bonds. The quantitative estimate of drug-likeness (QED) is 0.921. The summed E-state index contributed by atoms with van der Waals surface area (Å²) in [6.07, 6.45) is 4.16. The van der Waals surface area contributed by atoms with Crippen molar-refractivity contribution in [3.63, 3.8) is 0 Å². The van der Waals surface area contributed by atoms with Gasteiger partial charge in [-0.25, -0.2) is 4.39 Å². The Morgan fingerprint density at radius 1 is 1.33 bits per heavy atom. The number of halogens is 1. The van der Waals surface area contributed by atoms with Gasteiger partial charge in [-0.15, -0.1) is 0 Å². The maximum atomic E-state index is 13.5. The first kappa shape index (κ1) is 15.0. The zero-order valence-electron chi connectivity index (χ0n) is 13.1. The van der Waals surface area contributed by atoms with Gasteiger partial charge in [0.15, 0.2) is 0 Å². The lowest BCUT2D eigenvalue weighted by atomic mass is 9.69. The molecule has 2 fully saturated rings. The Kier molecular flexibility index (Phi) is 4.06. The zero-order chi connectivity index (χ0) is 15.0. The molecule has 1 heterocycles. The summed E-state index contributed by atoms with van der Waals surface area (Å²) in [6.45, 7) is 6.83. The van der Waals surface area contributed by atoms with Gasteiger partial charge in [0, 0.05) is 25.6 Å². The van der Waals surface area contributed by atoms with Crippen LogP contribution >= 0.6 is 0 Å². The van der Waals surface area contributed by atoms with Crippen molar-refractivity contribution in [3.05, 3.63) is 35.1 Å². The van der Waals surface area contributed by atoms with E-state index >= 15 is 0 Å². The van der Waals surface area contributed by atoms with Crippen LogP contribution in [0.25, 0.3) is 0 Å². The number of nitrogens with zero attached hydrogens (tertiary/aromatic N) is 1. The van der Waals surface area contributed by atoms with Gasteiger partial charge in [0.1, 0.15) is 5.82 Å². The van der Waals surface area contributed by atoms with E-state index in [1.807, 2.05) is 6.92 Å². The van der Waals surface area contributed by atoms with Crippen molar-refractivity contribution >= 4 is 0 Å². The van der Waals surface area contributed by atoms with E-state index in [2.05, 4.69) is 17.9 Å². The summed E-state index contributed by atoms with van der Waals surface area (Å²) in [6, 6.07) is 5.28. The molecule has 116 valence electrons. The molecule has 1 aliphatic heterocycles. The summed E-state index contributed by atoms with van der Waals surface area (Å²) in [5, 5.41) is 10.8. The van der Waals surface area contributed by atoms with E-state index in [-0.39, 0.29) is 5.82 Å². The Balaban J connectivity index is 1.71. The van der Waals surface area contributed by atoms with Crippen molar-refractivity contribution in [2.24, 2.45) is 11.8 Å². The summed E-state index contributed by atoms with van der Waals surface area (Å²) in [7, 11) is 0. The molecular formula is C18H26FNO. The van der Waals surface area contributed by atoms with E-state index in [0.29, 0.717) is 11.8 Å². The normalized spacial score (nSPS) is 33.1. The van der Waals surface area contributed by atoms with Crippen molar-refractivity contribution < 1.29 is 9.50 Å². The van der Waals surface area contributed by atoms with Crippen LogP contribution in [0.4, 0.5) is 4.39 Å². The molecule has 1 aromatic rings. The van der Waals surface area contributed by atoms with Gasteiger partial charge in [-0.05, 0) is 55.4 Å². The molecule has 0 radical (unpaired) electrons. The highest BCUT2D eigenvalue weighted by molar-refractivity contribution is 5.23. The van der Waals surface area contributed by atoms with Crippen LogP contribution in [0.1, 0.15) is 43.7 Å². The molecular weight excluding hydrogens is 265 g/mol. The predicted octanol–water partition coefficient (Wildman–Crippen LogP) is 3.51. The van der Waals surface area contributed by atoms with E-state index in [9.17, 15) is 9.50 Å². The number of fused-ring (bicyclic) bond motifs is 1. The minimum Gasteiger partial charge on any atom is -0.390 e. The van der Waals surface area contributed by atoms with E-state index in [4.69, 9.17) is 0 Å². The Bertz CT molecular complexity index is 498. The van der Waals surface area contributed by atoms with Gasteiger partial charge in [-0.3, -0.25) is 4.90 Å².